The van der Waals surface area contributed by atoms with Crippen molar-refractivity contribution in [1.82, 2.24) is 5.32 Å². The Balaban J connectivity index is 1.92. The van der Waals surface area contributed by atoms with Gasteiger partial charge in [-0.05, 0) is 37.1 Å². The zero-order valence-electron chi connectivity index (χ0n) is 11.4. The van der Waals surface area contributed by atoms with Gasteiger partial charge in [-0.25, -0.2) is 0 Å². The van der Waals surface area contributed by atoms with Gasteiger partial charge in [0.1, 0.15) is 0 Å². The van der Waals surface area contributed by atoms with Crippen LogP contribution in [-0.4, -0.2) is 36.9 Å². The molecule has 1 amide bonds. The van der Waals surface area contributed by atoms with Gasteiger partial charge in [0.15, 0.2) is 0 Å². The Labute approximate surface area is 119 Å². The lowest BCUT2D eigenvalue weighted by molar-refractivity contribution is 0.0696. The Kier molecular flexibility index (Phi) is 5.60. The van der Waals surface area contributed by atoms with Crippen LogP contribution in [0.25, 0.3) is 0 Å². The number of ether oxygens (including phenoxy) is 1. The SMILES string of the molecule is O=C(NC1CCOCC1)c1ccc(C#CCCO)cc1. The van der Waals surface area contributed by atoms with Crippen molar-refractivity contribution in [3.63, 3.8) is 0 Å². The third kappa shape index (κ3) is 4.37. The van der Waals surface area contributed by atoms with E-state index in [1.165, 1.54) is 0 Å². The lowest BCUT2D eigenvalue weighted by Gasteiger charge is -2.23. The Bertz CT molecular complexity index is 493. The molecule has 106 valence electrons. The van der Waals surface area contributed by atoms with Crippen molar-refractivity contribution in [2.75, 3.05) is 19.8 Å². The molecule has 0 unspecified atom stereocenters. The van der Waals surface area contributed by atoms with E-state index < -0.39 is 0 Å². The minimum atomic E-state index is -0.0493. The zero-order valence-corrected chi connectivity index (χ0v) is 11.4. The predicted octanol–water partition coefficient (Wildman–Crippen LogP) is 1.33. The lowest BCUT2D eigenvalue weighted by atomic mass is 10.1. The van der Waals surface area contributed by atoms with Gasteiger partial charge >= 0.3 is 0 Å². The Morgan fingerprint density at radius 1 is 1.30 bits per heavy atom. The molecule has 1 fully saturated rings. The maximum absolute atomic E-state index is 12.1. The second-order valence-electron chi connectivity index (χ2n) is 4.71. The van der Waals surface area contributed by atoms with E-state index in [-0.39, 0.29) is 18.6 Å². The number of hydrogen-bond acceptors (Lipinski definition) is 3. The first kappa shape index (κ1) is 14.6. The molecule has 1 aromatic carbocycles. The van der Waals surface area contributed by atoms with Crippen molar-refractivity contribution >= 4 is 5.91 Å². The summed E-state index contributed by atoms with van der Waals surface area (Å²) in [4.78, 5) is 12.1. The smallest absolute Gasteiger partial charge is 0.251 e. The van der Waals surface area contributed by atoms with Gasteiger partial charge in [0.25, 0.3) is 5.91 Å². The summed E-state index contributed by atoms with van der Waals surface area (Å²) in [6.45, 7) is 1.49. The number of carbonyl (C=O) groups is 1. The van der Waals surface area contributed by atoms with Crippen molar-refractivity contribution in [1.29, 1.82) is 0 Å². The maximum Gasteiger partial charge on any atom is 0.251 e. The summed E-state index contributed by atoms with van der Waals surface area (Å²) >= 11 is 0. The molecule has 0 aliphatic carbocycles. The number of benzene rings is 1. The largest absolute Gasteiger partial charge is 0.395 e. The quantitative estimate of drug-likeness (QED) is 0.817. The monoisotopic (exact) mass is 273 g/mol. The molecule has 1 aromatic rings. The summed E-state index contributed by atoms with van der Waals surface area (Å²) in [5.74, 6) is 5.74. The van der Waals surface area contributed by atoms with Crippen molar-refractivity contribution in [3.8, 4) is 11.8 Å². The molecule has 1 aliphatic rings. The van der Waals surface area contributed by atoms with E-state index >= 15 is 0 Å². The molecule has 4 nitrogen and oxygen atoms in total. The van der Waals surface area contributed by atoms with Crippen molar-refractivity contribution in [2.24, 2.45) is 0 Å². The van der Waals surface area contributed by atoms with Crippen LogP contribution in [0.5, 0.6) is 0 Å². The van der Waals surface area contributed by atoms with Crippen LogP contribution in [0.15, 0.2) is 24.3 Å². The lowest BCUT2D eigenvalue weighted by Crippen LogP contribution is -2.38. The van der Waals surface area contributed by atoms with Crippen LogP contribution in [-0.2, 0) is 4.74 Å². The molecule has 0 radical (unpaired) electrons. The van der Waals surface area contributed by atoms with Crippen molar-refractivity contribution in [2.45, 2.75) is 25.3 Å². The van der Waals surface area contributed by atoms with Gasteiger partial charge in [0.05, 0.1) is 6.61 Å². The standard InChI is InChI=1S/C16H19NO3/c18-10-2-1-3-13-4-6-14(7-5-13)16(19)17-15-8-11-20-12-9-15/h4-7,15,18H,2,8-12H2,(H,17,19). The third-order valence-electron chi connectivity index (χ3n) is 3.17. The summed E-state index contributed by atoms with van der Waals surface area (Å²) in [6, 6.07) is 7.40. The van der Waals surface area contributed by atoms with E-state index in [0.29, 0.717) is 25.2 Å². The van der Waals surface area contributed by atoms with E-state index in [1.807, 2.05) is 12.1 Å². The molecule has 2 N–H and O–H groups in total. The second-order valence-corrected chi connectivity index (χ2v) is 4.71. The number of rotatable bonds is 3. The number of amides is 1. The fraction of sp³-hybridized carbons (Fsp3) is 0.438. The molecule has 0 bridgehead atoms. The molecule has 4 heteroatoms. The fourth-order valence-corrected chi connectivity index (χ4v) is 2.04. The summed E-state index contributed by atoms with van der Waals surface area (Å²) in [7, 11) is 0. The first-order chi connectivity index (χ1) is 9.79. The summed E-state index contributed by atoms with van der Waals surface area (Å²) in [6.07, 6.45) is 2.21. The summed E-state index contributed by atoms with van der Waals surface area (Å²) in [5.41, 5.74) is 1.49. The van der Waals surface area contributed by atoms with Gasteiger partial charge in [0.2, 0.25) is 0 Å². The number of hydrogen-bond donors (Lipinski definition) is 2. The molecule has 0 atom stereocenters. The summed E-state index contributed by atoms with van der Waals surface area (Å²) in [5, 5.41) is 11.7. The van der Waals surface area contributed by atoms with E-state index in [4.69, 9.17) is 9.84 Å². The van der Waals surface area contributed by atoms with Crippen LogP contribution in [0.3, 0.4) is 0 Å². The molecule has 0 saturated carbocycles. The zero-order chi connectivity index (χ0) is 14.2. The van der Waals surface area contributed by atoms with Crippen LogP contribution in [0.2, 0.25) is 0 Å². The highest BCUT2D eigenvalue weighted by molar-refractivity contribution is 5.94. The van der Waals surface area contributed by atoms with E-state index in [1.54, 1.807) is 12.1 Å². The Hall–Kier alpha value is -1.83. The molecule has 1 aliphatic heterocycles. The van der Waals surface area contributed by atoms with Gasteiger partial charge < -0.3 is 15.2 Å². The number of aliphatic hydroxyl groups is 1. The van der Waals surface area contributed by atoms with E-state index in [0.717, 1.165) is 18.4 Å². The number of aliphatic hydroxyl groups excluding tert-OH is 1. The normalized spacial score (nSPS) is 15.2. The Morgan fingerprint density at radius 3 is 2.65 bits per heavy atom. The topological polar surface area (TPSA) is 58.6 Å². The molecule has 1 saturated heterocycles. The Morgan fingerprint density at radius 2 is 2.00 bits per heavy atom. The average Bonchev–Trinajstić information content (AvgIpc) is 2.49. The predicted molar refractivity (Wildman–Crippen MR) is 76.3 cm³/mol. The van der Waals surface area contributed by atoms with Crippen LogP contribution >= 0.6 is 0 Å². The molecular formula is C16H19NO3. The first-order valence-electron chi connectivity index (χ1n) is 6.88. The van der Waals surface area contributed by atoms with Gasteiger partial charge in [-0.3, -0.25) is 4.79 Å². The highest BCUT2D eigenvalue weighted by Crippen LogP contribution is 2.09. The van der Waals surface area contributed by atoms with Gasteiger partial charge in [-0.15, -0.1) is 0 Å². The van der Waals surface area contributed by atoms with E-state index in [9.17, 15) is 4.79 Å². The van der Waals surface area contributed by atoms with E-state index in [2.05, 4.69) is 17.2 Å². The van der Waals surface area contributed by atoms with Gasteiger partial charge in [0, 0.05) is 36.8 Å². The molecular weight excluding hydrogens is 254 g/mol. The molecule has 20 heavy (non-hydrogen) atoms. The fourth-order valence-electron chi connectivity index (χ4n) is 2.04. The van der Waals surface area contributed by atoms with Crippen molar-refractivity contribution < 1.29 is 14.6 Å². The molecule has 1 heterocycles. The molecule has 0 spiro atoms. The number of nitrogens with one attached hydrogen (secondary N) is 1. The third-order valence-corrected chi connectivity index (χ3v) is 3.17. The minimum Gasteiger partial charge on any atom is -0.395 e. The van der Waals surface area contributed by atoms with Crippen LogP contribution in [0, 0.1) is 11.8 Å². The minimum absolute atomic E-state index is 0.0493. The molecule has 0 aromatic heterocycles. The number of carbonyl (C=O) groups excluding carboxylic acids is 1. The molecule has 2 rings (SSSR count). The maximum atomic E-state index is 12.1. The highest BCUT2D eigenvalue weighted by atomic mass is 16.5. The van der Waals surface area contributed by atoms with Gasteiger partial charge in [-0.1, -0.05) is 11.8 Å². The average molecular weight is 273 g/mol. The van der Waals surface area contributed by atoms with Crippen LogP contribution in [0.4, 0.5) is 0 Å². The van der Waals surface area contributed by atoms with Crippen LogP contribution in [0.1, 0.15) is 35.2 Å². The van der Waals surface area contributed by atoms with Crippen LogP contribution < -0.4 is 5.32 Å². The first-order valence-corrected chi connectivity index (χ1v) is 6.88. The highest BCUT2D eigenvalue weighted by Gasteiger charge is 2.16. The second kappa shape index (κ2) is 7.68. The van der Waals surface area contributed by atoms with Crippen molar-refractivity contribution in [3.05, 3.63) is 35.4 Å². The van der Waals surface area contributed by atoms with Gasteiger partial charge in [-0.2, -0.15) is 0 Å². The summed E-state index contributed by atoms with van der Waals surface area (Å²) < 4.78 is 5.27.